The van der Waals surface area contributed by atoms with E-state index in [-0.39, 0.29) is 6.10 Å². The molecule has 5 heteroatoms. The second-order valence-corrected chi connectivity index (χ2v) is 8.16. The number of rotatable bonds is 5. The van der Waals surface area contributed by atoms with E-state index in [4.69, 9.17) is 4.99 Å². The van der Waals surface area contributed by atoms with Crippen molar-refractivity contribution in [1.82, 2.24) is 15.1 Å². The minimum absolute atomic E-state index is 0.101. The predicted molar refractivity (Wildman–Crippen MR) is 112 cm³/mol. The van der Waals surface area contributed by atoms with E-state index >= 15 is 0 Å². The second-order valence-electron chi connectivity index (χ2n) is 8.16. The number of piperidine rings is 2. The van der Waals surface area contributed by atoms with Crippen LogP contribution in [0.1, 0.15) is 50.7 Å². The van der Waals surface area contributed by atoms with Gasteiger partial charge in [-0.1, -0.05) is 31.2 Å². The number of hydrogen-bond acceptors (Lipinski definition) is 3. The minimum atomic E-state index is -0.101. The molecule has 27 heavy (non-hydrogen) atoms. The number of benzene rings is 1. The number of guanidine groups is 1. The van der Waals surface area contributed by atoms with Crippen molar-refractivity contribution in [3.05, 3.63) is 35.4 Å². The maximum Gasteiger partial charge on any atom is 0.194 e. The van der Waals surface area contributed by atoms with Crippen LogP contribution in [0.5, 0.6) is 0 Å². The summed E-state index contributed by atoms with van der Waals surface area (Å²) >= 11 is 0. The standard InChI is InChI=1S/C22H36N4O/c1-3-23-22(26-14-8-18(2)9-15-26)24-16-19-4-6-20(7-5-19)17-25-12-10-21(27)11-13-25/h4-7,18,21,27H,3,8-17H2,1-2H3,(H,23,24). The number of hydrogen-bond donors (Lipinski definition) is 2. The molecule has 2 fully saturated rings. The summed E-state index contributed by atoms with van der Waals surface area (Å²) < 4.78 is 0. The molecular weight excluding hydrogens is 336 g/mol. The molecule has 0 spiro atoms. The maximum absolute atomic E-state index is 9.63. The molecule has 2 aliphatic heterocycles. The Bertz CT molecular complexity index is 585. The normalized spacial score (nSPS) is 20.9. The molecule has 0 radical (unpaired) electrons. The van der Waals surface area contributed by atoms with Crippen LogP contribution in [-0.4, -0.2) is 59.7 Å². The zero-order chi connectivity index (χ0) is 19.1. The van der Waals surface area contributed by atoms with Gasteiger partial charge in [0.05, 0.1) is 12.6 Å². The fraction of sp³-hybridized carbons (Fsp3) is 0.682. The van der Waals surface area contributed by atoms with Crippen LogP contribution >= 0.6 is 0 Å². The van der Waals surface area contributed by atoms with Crippen LogP contribution < -0.4 is 5.32 Å². The lowest BCUT2D eigenvalue weighted by Gasteiger charge is -2.33. The highest BCUT2D eigenvalue weighted by Gasteiger charge is 2.19. The molecule has 0 saturated carbocycles. The molecular formula is C22H36N4O. The summed E-state index contributed by atoms with van der Waals surface area (Å²) in [5.41, 5.74) is 2.60. The lowest BCUT2D eigenvalue weighted by molar-refractivity contribution is 0.0792. The molecule has 150 valence electrons. The molecule has 0 bridgehead atoms. The third-order valence-corrected chi connectivity index (χ3v) is 5.82. The van der Waals surface area contributed by atoms with Crippen LogP contribution in [0.2, 0.25) is 0 Å². The van der Waals surface area contributed by atoms with Gasteiger partial charge in [-0.25, -0.2) is 4.99 Å². The first-order valence-electron chi connectivity index (χ1n) is 10.7. The van der Waals surface area contributed by atoms with Crippen molar-refractivity contribution in [2.24, 2.45) is 10.9 Å². The van der Waals surface area contributed by atoms with Gasteiger partial charge in [0.2, 0.25) is 0 Å². The van der Waals surface area contributed by atoms with E-state index in [0.717, 1.165) is 70.5 Å². The minimum Gasteiger partial charge on any atom is -0.393 e. The van der Waals surface area contributed by atoms with Crippen molar-refractivity contribution in [3.8, 4) is 0 Å². The molecule has 2 heterocycles. The van der Waals surface area contributed by atoms with Crippen LogP contribution in [0.4, 0.5) is 0 Å². The van der Waals surface area contributed by atoms with Gasteiger partial charge in [-0.2, -0.15) is 0 Å². The summed E-state index contributed by atoms with van der Waals surface area (Å²) in [6.07, 6.45) is 4.21. The molecule has 1 aromatic rings. The maximum atomic E-state index is 9.63. The molecule has 0 unspecified atom stereocenters. The largest absolute Gasteiger partial charge is 0.393 e. The smallest absolute Gasteiger partial charge is 0.194 e. The van der Waals surface area contributed by atoms with Crippen LogP contribution in [0.3, 0.4) is 0 Å². The Hall–Kier alpha value is -1.59. The Morgan fingerprint density at radius 1 is 1.04 bits per heavy atom. The average Bonchev–Trinajstić information content (AvgIpc) is 2.69. The highest BCUT2D eigenvalue weighted by molar-refractivity contribution is 5.80. The van der Waals surface area contributed by atoms with E-state index in [2.05, 4.69) is 53.2 Å². The quantitative estimate of drug-likeness (QED) is 0.616. The van der Waals surface area contributed by atoms with Gasteiger partial charge in [0, 0.05) is 39.3 Å². The van der Waals surface area contributed by atoms with E-state index in [1.807, 2.05) is 0 Å². The van der Waals surface area contributed by atoms with Crippen LogP contribution in [0, 0.1) is 5.92 Å². The summed E-state index contributed by atoms with van der Waals surface area (Å²) in [5.74, 6) is 1.89. The molecule has 2 aliphatic rings. The van der Waals surface area contributed by atoms with Crippen molar-refractivity contribution in [3.63, 3.8) is 0 Å². The third-order valence-electron chi connectivity index (χ3n) is 5.82. The Balaban J connectivity index is 1.53. The van der Waals surface area contributed by atoms with Gasteiger partial charge >= 0.3 is 0 Å². The van der Waals surface area contributed by atoms with E-state index < -0.39 is 0 Å². The first-order valence-corrected chi connectivity index (χ1v) is 10.7. The number of aliphatic hydroxyl groups is 1. The van der Waals surface area contributed by atoms with Gasteiger partial charge in [-0.3, -0.25) is 4.90 Å². The molecule has 2 saturated heterocycles. The summed E-state index contributed by atoms with van der Waals surface area (Å²) in [6.45, 7) is 11.3. The van der Waals surface area contributed by atoms with E-state index in [9.17, 15) is 5.11 Å². The van der Waals surface area contributed by atoms with Crippen LogP contribution in [0.15, 0.2) is 29.3 Å². The molecule has 0 aromatic heterocycles. The molecule has 3 rings (SSSR count). The molecule has 0 atom stereocenters. The van der Waals surface area contributed by atoms with Crippen molar-refractivity contribution < 1.29 is 5.11 Å². The van der Waals surface area contributed by atoms with E-state index in [1.165, 1.54) is 24.0 Å². The monoisotopic (exact) mass is 372 g/mol. The van der Waals surface area contributed by atoms with Gasteiger partial charge in [0.1, 0.15) is 0 Å². The summed E-state index contributed by atoms with van der Waals surface area (Å²) in [5, 5.41) is 13.1. The third kappa shape index (κ3) is 6.22. The van der Waals surface area contributed by atoms with Gasteiger partial charge in [0.25, 0.3) is 0 Å². The Kier molecular flexibility index (Phi) is 7.53. The van der Waals surface area contributed by atoms with Crippen LogP contribution in [-0.2, 0) is 13.1 Å². The number of aliphatic imine (C=N–C) groups is 1. The van der Waals surface area contributed by atoms with Crippen molar-refractivity contribution in [1.29, 1.82) is 0 Å². The fourth-order valence-electron chi connectivity index (χ4n) is 3.90. The molecule has 0 aliphatic carbocycles. The highest BCUT2D eigenvalue weighted by Crippen LogP contribution is 2.17. The molecule has 2 N–H and O–H groups in total. The Morgan fingerprint density at radius 2 is 1.67 bits per heavy atom. The Labute approximate surface area is 164 Å². The lowest BCUT2D eigenvalue weighted by atomic mass is 10.00. The molecule has 5 nitrogen and oxygen atoms in total. The Morgan fingerprint density at radius 3 is 2.30 bits per heavy atom. The van der Waals surface area contributed by atoms with Crippen molar-refractivity contribution in [2.45, 2.75) is 58.7 Å². The van der Waals surface area contributed by atoms with Gasteiger partial charge < -0.3 is 15.3 Å². The van der Waals surface area contributed by atoms with Gasteiger partial charge in [-0.15, -0.1) is 0 Å². The fourth-order valence-corrected chi connectivity index (χ4v) is 3.90. The van der Waals surface area contributed by atoms with Crippen molar-refractivity contribution in [2.75, 3.05) is 32.7 Å². The van der Waals surface area contributed by atoms with Gasteiger partial charge in [-0.05, 0) is 49.7 Å². The average molecular weight is 373 g/mol. The molecule has 1 aromatic carbocycles. The zero-order valence-electron chi connectivity index (χ0n) is 17.0. The number of nitrogens with one attached hydrogen (secondary N) is 1. The predicted octanol–water partition coefficient (Wildman–Crippen LogP) is 2.84. The summed E-state index contributed by atoms with van der Waals surface area (Å²) in [7, 11) is 0. The summed E-state index contributed by atoms with van der Waals surface area (Å²) in [6, 6.07) is 8.87. The van der Waals surface area contributed by atoms with E-state index in [0.29, 0.717) is 0 Å². The zero-order valence-corrected chi connectivity index (χ0v) is 17.0. The number of nitrogens with zero attached hydrogens (tertiary/aromatic N) is 3. The van der Waals surface area contributed by atoms with Crippen molar-refractivity contribution >= 4 is 5.96 Å². The highest BCUT2D eigenvalue weighted by atomic mass is 16.3. The van der Waals surface area contributed by atoms with E-state index in [1.54, 1.807) is 0 Å². The topological polar surface area (TPSA) is 51.1 Å². The number of likely N-dealkylation sites (tertiary alicyclic amines) is 2. The lowest BCUT2D eigenvalue weighted by Crippen LogP contribution is -2.45. The van der Waals surface area contributed by atoms with Crippen LogP contribution in [0.25, 0.3) is 0 Å². The second kappa shape index (κ2) is 10.1. The SMILES string of the molecule is CCNC(=NCc1ccc(CN2CCC(O)CC2)cc1)N1CCC(C)CC1. The first kappa shape index (κ1) is 20.2. The number of aliphatic hydroxyl groups excluding tert-OH is 1. The first-order chi connectivity index (χ1) is 13.1. The molecule has 0 amide bonds. The summed E-state index contributed by atoms with van der Waals surface area (Å²) in [4.78, 5) is 9.72. The van der Waals surface area contributed by atoms with Gasteiger partial charge in [0.15, 0.2) is 5.96 Å².